The van der Waals surface area contributed by atoms with Crippen molar-refractivity contribution in [1.82, 2.24) is 0 Å². The molecule has 0 fully saturated rings. The van der Waals surface area contributed by atoms with Gasteiger partial charge in [-0.1, -0.05) is 42.5 Å². The minimum Gasteiger partial charge on any atom is -0.321 e. The van der Waals surface area contributed by atoms with Gasteiger partial charge in [0.05, 0.1) is 16.3 Å². The molecule has 8 nitrogen and oxygen atoms in total. The van der Waals surface area contributed by atoms with Gasteiger partial charge in [-0.15, -0.1) is 0 Å². The number of sulfonamides is 1. The Kier molecular flexibility index (Phi) is 6.47. The lowest BCUT2D eigenvalue weighted by Crippen LogP contribution is -2.33. The minimum atomic E-state index is -3.84. The average molecular weight is 477 g/mol. The average Bonchev–Trinajstić information content (AvgIpc) is 3.31. The van der Waals surface area contributed by atoms with E-state index in [4.69, 9.17) is 0 Å². The summed E-state index contributed by atoms with van der Waals surface area (Å²) in [5, 5.41) is 8.65. The van der Waals surface area contributed by atoms with Crippen LogP contribution < -0.4 is 14.6 Å². The van der Waals surface area contributed by atoms with Gasteiger partial charge in [0.15, 0.2) is 5.78 Å². The summed E-state index contributed by atoms with van der Waals surface area (Å²) in [5.74, 6) is -0.594. The molecule has 0 spiro atoms. The highest BCUT2D eigenvalue weighted by atomic mass is 32.2. The zero-order valence-corrected chi connectivity index (χ0v) is 19.6. The van der Waals surface area contributed by atoms with E-state index in [0.29, 0.717) is 17.1 Å². The molecule has 0 radical (unpaired) electrons. The second-order valence-electron chi connectivity index (χ2n) is 7.85. The summed E-state index contributed by atoms with van der Waals surface area (Å²) in [6.07, 6.45) is 0.158. The lowest BCUT2D eigenvalue weighted by Gasteiger charge is -2.20. The summed E-state index contributed by atoms with van der Waals surface area (Å²) in [6, 6.07) is 23.3. The number of hydrogen-bond acceptors (Lipinski definition) is 6. The largest absolute Gasteiger partial charge is 0.321 e. The van der Waals surface area contributed by atoms with E-state index in [-0.39, 0.29) is 22.8 Å². The number of carbonyl (C=O) groups excluding carboxylic acids is 2. The van der Waals surface area contributed by atoms with E-state index in [1.165, 1.54) is 30.4 Å². The Hall–Kier alpha value is -3.98. The summed E-state index contributed by atoms with van der Waals surface area (Å²) in [6.45, 7) is 1.47. The molecule has 1 atom stereocenters. The molecule has 174 valence electrons. The Morgan fingerprint density at radius 2 is 1.62 bits per heavy atom. The number of ketones is 1. The zero-order valence-electron chi connectivity index (χ0n) is 18.8. The van der Waals surface area contributed by atoms with E-state index in [0.717, 1.165) is 0 Å². The van der Waals surface area contributed by atoms with Crippen molar-refractivity contribution in [3.05, 3.63) is 84.9 Å². The summed E-state index contributed by atoms with van der Waals surface area (Å²) >= 11 is 0. The number of hydrazone groups is 1. The van der Waals surface area contributed by atoms with Crippen LogP contribution in [0.1, 0.15) is 13.3 Å². The van der Waals surface area contributed by atoms with E-state index in [1.807, 2.05) is 30.3 Å². The Labute approximate surface area is 198 Å². The van der Waals surface area contributed by atoms with Gasteiger partial charge in [0.2, 0.25) is 0 Å². The highest BCUT2D eigenvalue weighted by Gasteiger charge is 2.34. The van der Waals surface area contributed by atoms with Crippen LogP contribution in [0.4, 0.5) is 17.1 Å². The number of nitrogens with zero attached hydrogens (tertiary/aromatic N) is 3. The molecular weight excluding hydrogens is 452 g/mol. The molecule has 1 aliphatic heterocycles. The second-order valence-corrected chi connectivity index (χ2v) is 9.82. The molecule has 1 N–H and O–H groups in total. The quantitative estimate of drug-likeness (QED) is 0.561. The Bertz CT molecular complexity index is 1340. The van der Waals surface area contributed by atoms with Gasteiger partial charge in [-0.2, -0.15) is 5.10 Å². The summed E-state index contributed by atoms with van der Waals surface area (Å²) in [5.41, 5.74) is 1.74. The summed E-state index contributed by atoms with van der Waals surface area (Å²) < 4.78 is 27.4. The maximum atomic E-state index is 13.1. The predicted molar refractivity (Wildman–Crippen MR) is 133 cm³/mol. The van der Waals surface area contributed by atoms with Crippen LogP contribution in [-0.4, -0.2) is 38.9 Å². The number of benzene rings is 3. The van der Waals surface area contributed by atoms with E-state index in [2.05, 4.69) is 10.4 Å². The molecule has 4 rings (SSSR count). The summed E-state index contributed by atoms with van der Waals surface area (Å²) in [7, 11) is -2.36. The van der Waals surface area contributed by atoms with Crippen molar-refractivity contribution < 1.29 is 18.0 Å². The third kappa shape index (κ3) is 4.69. The first-order valence-electron chi connectivity index (χ1n) is 10.6. The van der Waals surface area contributed by atoms with Crippen LogP contribution in [0.3, 0.4) is 0 Å². The maximum absolute atomic E-state index is 13.1. The van der Waals surface area contributed by atoms with Gasteiger partial charge in [0.1, 0.15) is 11.8 Å². The van der Waals surface area contributed by atoms with Crippen molar-refractivity contribution in [2.45, 2.75) is 24.3 Å². The molecule has 0 saturated heterocycles. The number of amides is 1. The second kappa shape index (κ2) is 9.48. The first-order valence-corrected chi connectivity index (χ1v) is 12.1. The zero-order chi connectivity index (χ0) is 24.3. The molecule has 1 heterocycles. The predicted octanol–water partition coefficient (Wildman–Crippen LogP) is 3.67. The highest BCUT2D eigenvalue weighted by molar-refractivity contribution is 7.92. The molecule has 1 amide bonds. The fourth-order valence-corrected chi connectivity index (χ4v) is 4.90. The van der Waals surface area contributed by atoms with Gasteiger partial charge < -0.3 is 5.32 Å². The van der Waals surface area contributed by atoms with Crippen LogP contribution in [0.2, 0.25) is 0 Å². The molecule has 0 saturated carbocycles. The first kappa shape index (κ1) is 23.2. The Balaban J connectivity index is 1.55. The van der Waals surface area contributed by atoms with Crippen LogP contribution in [0, 0.1) is 0 Å². The smallest absolute Gasteiger partial charge is 0.271 e. The third-order valence-electron chi connectivity index (χ3n) is 5.53. The van der Waals surface area contributed by atoms with Crippen LogP contribution in [0.15, 0.2) is 94.9 Å². The third-order valence-corrected chi connectivity index (χ3v) is 7.31. The van der Waals surface area contributed by atoms with Gasteiger partial charge in [0.25, 0.3) is 15.9 Å². The van der Waals surface area contributed by atoms with Crippen molar-refractivity contribution >= 4 is 44.5 Å². The molecule has 3 aromatic rings. The molecule has 3 aromatic carbocycles. The Morgan fingerprint density at radius 1 is 0.971 bits per heavy atom. The topological polar surface area (TPSA) is 99.1 Å². The molecule has 34 heavy (non-hydrogen) atoms. The van der Waals surface area contributed by atoms with E-state index >= 15 is 0 Å². The molecular formula is C25H24N4O4S. The standard InChI is InChI=1S/C25H24N4O4S/c1-18(30)24-17-23(27-29(24)21-13-7-4-8-14-21)25(31)26-19-10-9-15-22(16-19)34(32,33)28(2)20-11-5-3-6-12-20/h3-16,24H,17H2,1-2H3,(H,26,31). The van der Waals surface area contributed by atoms with Crippen LogP contribution in [0.25, 0.3) is 0 Å². The lowest BCUT2D eigenvalue weighted by atomic mass is 10.1. The fourth-order valence-electron chi connectivity index (χ4n) is 3.65. The van der Waals surface area contributed by atoms with Crippen LogP contribution in [-0.2, 0) is 19.6 Å². The fraction of sp³-hybridized carbons (Fsp3) is 0.160. The normalized spacial score (nSPS) is 15.5. The molecule has 0 aromatic heterocycles. The van der Waals surface area contributed by atoms with Crippen LogP contribution in [0.5, 0.6) is 0 Å². The number of rotatable bonds is 7. The first-order chi connectivity index (χ1) is 16.3. The maximum Gasteiger partial charge on any atom is 0.271 e. The van der Waals surface area contributed by atoms with Gasteiger partial charge in [-0.25, -0.2) is 8.42 Å². The van der Waals surface area contributed by atoms with Crippen LogP contribution >= 0.6 is 0 Å². The monoisotopic (exact) mass is 476 g/mol. The molecule has 0 bridgehead atoms. The lowest BCUT2D eigenvalue weighted by molar-refractivity contribution is -0.118. The number of carbonyl (C=O) groups is 2. The number of hydrogen-bond donors (Lipinski definition) is 1. The van der Waals surface area contributed by atoms with Crippen molar-refractivity contribution in [2.75, 3.05) is 21.7 Å². The number of Topliss-reactive ketones (excluding diaryl/α,β-unsaturated/α-hetero) is 1. The van der Waals surface area contributed by atoms with Gasteiger partial charge >= 0.3 is 0 Å². The van der Waals surface area contributed by atoms with Crippen molar-refractivity contribution in [1.29, 1.82) is 0 Å². The molecule has 1 aliphatic rings. The van der Waals surface area contributed by atoms with E-state index < -0.39 is 22.0 Å². The van der Waals surface area contributed by atoms with Gasteiger partial charge in [0, 0.05) is 19.2 Å². The van der Waals surface area contributed by atoms with Crippen molar-refractivity contribution in [3.8, 4) is 0 Å². The van der Waals surface area contributed by atoms with E-state index in [9.17, 15) is 18.0 Å². The van der Waals surface area contributed by atoms with Gasteiger partial charge in [-0.05, 0) is 49.4 Å². The number of para-hydroxylation sites is 2. The molecule has 0 aliphatic carbocycles. The van der Waals surface area contributed by atoms with E-state index in [1.54, 1.807) is 47.5 Å². The van der Waals surface area contributed by atoms with Crippen molar-refractivity contribution in [2.24, 2.45) is 5.10 Å². The molecule has 9 heteroatoms. The minimum absolute atomic E-state index is 0.0394. The summed E-state index contributed by atoms with van der Waals surface area (Å²) in [4.78, 5) is 25.1. The Morgan fingerprint density at radius 3 is 2.26 bits per heavy atom. The molecule has 1 unspecified atom stereocenters. The van der Waals surface area contributed by atoms with Crippen molar-refractivity contribution in [3.63, 3.8) is 0 Å². The highest BCUT2D eigenvalue weighted by Crippen LogP contribution is 2.27. The number of anilines is 3. The van der Waals surface area contributed by atoms with Gasteiger partial charge in [-0.3, -0.25) is 18.9 Å². The number of nitrogens with one attached hydrogen (secondary N) is 1. The SMILES string of the molecule is CC(=O)C1CC(C(=O)Nc2cccc(S(=O)(=O)N(C)c3ccccc3)c2)=NN1c1ccccc1.